The van der Waals surface area contributed by atoms with Gasteiger partial charge in [0.05, 0.1) is 6.10 Å². The maximum Gasteiger partial charge on any atom is 0.251 e. The van der Waals surface area contributed by atoms with Crippen molar-refractivity contribution in [2.75, 3.05) is 6.79 Å². The van der Waals surface area contributed by atoms with Crippen molar-refractivity contribution in [3.63, 3.8) is 0 Å². The van der Waals surface area contributed by atoms with Gasteiger partial charge >= 0.3 is 0 Å². The second-order valence-electron chi connectivity index (χ2n) is 5.56. The van der Waals surface area contributed by atoms with Crippen molar-refractivity contribution in [1.82, 2.24) is 5.32 Å². The summed E-state index contributed by atoms with van der Waals surface area (Å²) in [4.78, 5) is 12.2. The quantitative estimate of drug-likeness (QED) is 0.921. The first-order valence-electron chi connectivity index (χ1n) is 7.55. The molecule has 0 bridgehead atoms. The normalized spacial score (nSPS) is 12.3. The van der Waals surface area contributed by atoms with Crippen molar-refractivity contribution in [2.24, 2.45) is 0 Å². The van der Waals surface area contributed by atoms with Gasteiger partial charge in [0.25, 0.3) is 5.91 Å². The Balaban J connectivity index is 1.58. The lowest BCUT2D eigenvalue weighted by Gasteiger charge is -2.10. The zero-order valence-electron chi connectivity index (χ0n) is 13.2. The predicted octanol–water partition coefficient (Wildman–Crippen LogP) is 3.13. The fourth-order valence-electron chi connectivity index (χ4n) is 2.28. The van der Waals surface area contributed by atoms with Crippen molar-refractivity contribution in [3.05, 3.63) is 53.6 Å². The van der Waals surface area contributed by atoms with Crippen LogP contribution in [0.25, 0.3) is 0 Å². The Bertz CT molecular complexity index is 695. The summed E-state index contributed by atoms with van der Waals surface area (Å²) < 4.78 is 16.1. The number of fused-ring (bicyclic) bond motifs is 1. The van der Waals surface area contributed by atoms with E-state index in [2.05, 4.69) is 5.32 Å². The smallest absolute Gasteiger partial charge is 0.251 e. The van der Waals surface area contributed by atoms with Crippen LogP contribution in [0.15, 0.2) is 42.5 Å². The molecule has 0 saturated heterocycles. The summed E-state index contributed by atoms with van der Waals surface area (Å²) in [5.74, 6) is 1.95. The summed E-state index contributed by atoms with van der Waals surface area (Å²) in [6.45, 7) is 4.62. The number of carbonyl (C=O) groups excluding carboxylic acids is 1. The topological polar surface area (TPSA) is 56.8 Å². The van der Waals surface area contributed by atoms with E-state index in [1.807, 2.05) is 38.1 Å². The molecule has 1 aliphatic rings. The molecule has 1 N–H and O–H groups in total. The van der Waals surface area contributed by atoms with E-state index < -0.39 is 0 Å². The first-order chi connectivity index (χ1) is 11.1. The molecule has 0 aromatic heterocycles. The van der Waals surface area contributed by atoms with Crippen molar-refractivity contribution >= 4 is 5.91 Å². The fraction of sp³-hybridized carbons (Fsp3) is 0.278. The molecule has 0 atom stereocenters. The van der Waals surface area contributed by atoms with Crippen molar-refractivity contribution in [1.29, 1.82) is 0 Å². The highest BCUT2D eigenvalue weighted by Gasteiger charge is 2.16. The number of benzene rings is 2. The molecular weight excluding hydrogens is 294 g/mol. The minimum absolute atomic E-state index is 0.145. The molecule has 0 aliphatic carbocycles. The Labute approximate surface area is 135 Å². The highest BCUT2D eigenvalue weighted by molar-refractivity contribution is 5.94. The Morgan fingerprint density at radius 1 is 1.13 bits per heavy atom. The number of hydrogen-bond donors (Lipinski definition) is 1. The monoisotopic (exact) mass is 313 g/mol. The molecule has 3 rings (SSSR count). The van der Waals surface area contributed by atoms with Crippen LogP contribution in [0.2, 0.25) is 0 Å². The lowest BCUT2D eigenvalue weighted by Crippen LogP contribution is -2.22. The van der Waals surface area contributed by atoms with Crippen LogP contribution in [-0.4, -0.2) is 18.8 Å². The van der Waals surface area contributed by atoms with Gasteiger partial charge in [-0.25, -0.2) is 0 Å². The van der Waals surface area contributed by atoms with Gasteiger partial charge in [-0.3, -0.25) is 4.79 Å². The van der Waals surface area contributed by atoms with E-state index in [4.69, 9.17) is 14.2 Å². The molecule has 0 fully saturated rings. The van der Waals surface area contributed by atoms with Crippen LogP contribution in [0.5, 0.6) is 17.2 Å². The van der Waals surface area contributed by atoms with Gasteiger partial charge < -0.3 is 19.5 Å². The molecule has 2 aromatic rings. The van der Waals surface area contributed by atoms with Crippen molar-refractivity contribution in [2.45, 2.75) is 26.5 Å². The molecule has 1 aliphatic heterocycles. The molecule has 1 amide bonds. The van der Waals surface area contributed by atoms with Gasteiger partial charge in [0.1, 0.15) is 5.75 Å². The number of carbonyl (C=O) groups is 1. The van der Waals surface area contributed by atoms with Crippen LogP contribution in [0.3, 0.4) is 0 Å². The maximum absolute atomic E-state index is 12.2. The molecule has 120 valence electrons. The molecule has 5 heteroatoms. The average Bonchev–Trinajstić information content (AvgIpc) is 3.01. The first kappa shape index (κ1) is 15.2. The van der Waals surface area contributed by atoms with E-state index in [0.29, 0.717) is 23.6 Å². The lowest BCUT2D eigenvalue weighted by molar-refractivity contribution is 0.0950. The van der Waals surface area contributed by atoms with Crippen molar-refractivity contribution in [3.8, 4) is 17.2 Å². The number of rotatable bonds is 5. The second-order valence-corrected chi connectivity index (χ2v) is 5.56. The molecule has 23 heavy (non-hydrogen) atoms. The Kier molecular flexibility index (Phi) is 4.37. The van der Waals surface area contributed by atoms with Crippen LogP contribution in [0.1, 0.15) is 29.8 Å². The van der Waals surface area contributed by atoms with Gasteiger partial charge in [0.15, 0.2) is 11.5 Å². The zero-order chi connectivity index (χ0) is 16.2. The highest BCUT2D eigenvalue weighted by atomic mass is 16.7. The van der Waals surface area contributed by atoms with Crippen molar-refractivity contribution < 1.29 is 19.0 Å². The molecule has 2 aromatic carbocycles. The van der Waals surface area contributed by atoms with E-state index in [0.717, 1.165) is 11.3 Å². The lowest BCUT2D eigenvalue weighted by atomic mass is 10.1. The summed E-state index contributed by atoms with van der Waals surface area (Å²) in [6.07, 6.45) is 0.145. The Morgan fingerprint density at radius 2 is 1.87 bits per heavy atom. The molecular formula is C18H19NO4. The van der Waals surface area contributed by atoms with Gasteiger partial charge in [-0.2, -0.15) is 0 Å². The summed E-state index contributed by atoms with van der Waals surface area (Å²) >= 11 is 0. The number of nitrogens with one attached hydrogen (secondary N) is 1. The second kappa shape index (κ2) is 6.60. The minimum Gasteiger partial charge on any atom is -0.491 e. The third-order valence-electron chi connectivity index (χ3n) is 3.38. The van der Waals surface area contributed by atoms with Crippen LogP contribution in [-0.2, 0) is 6.54 Å². The van der Waals surface area contributed by atoms with E-state index in [1.54, 1.807) is 18.2 Å². The minimum atomic E-state index is -0.147. The van der Waals surface area contributed by atoms with Crippen LogP contribution < -0.4 is 19.5 Å². The molecule has 0 unspecified atom stereocenters. The number of hydrogen-bond acceptors (Lipinski definition) is 4. The maximum atomic E-state index is 12.2. The van der Waals surface area contributed by atoms with E-state index in [-0.39, 0.29) is 18.8 Å². The predicted molar refractivity (Wildman–Crippen MR) is 85.9 cm³/mol. The van der Waals surface area contributed by atoms with E-state index in [9.17, 15) is 4.79 Å². The standard InChI is InChI=1S/C18H19NO4/c1-12(2)23-15-6-3-13(4-7-15)10-19-18(20)14-5-8-16-17(9-14)22-11-21-16/h3-9,12H,10-11H2,1-2H3,(H,19,20). The highest BCUT2D eigenvalue weighted by Crippen LogP contribution is 2.32. The summed E-state index contributed by atoms with van der Waals surface area (Å²) in [5.41, 5.74) is 1.56. The molecule has 0 spiro atoms. The Hall–Kier alpha value is -2.69. The summed E-state index contributed by atoms with van der Waals surface area (Å²) in [5, 5.41) is 2.89. The third-order valence-corrected chi connectivity index (χ3v) is 3.38. The van der Waals surface area contributed by atoms with Crippen LogP contribution >= 0.6 is 0 Å². The van der Waals surface area contributed by atoms with Crippen LogP contribution in [0.4, 0.5) is 0 Å². The summed E-state index contributed by atoms with van der Waals surface area (Å²) in [6, 6.07) is 12.9. The van der Waals surface area contributed by atoms with Gasteiger partial charge in [0, 0.05) is 12.1 Å². The molecule has 0 radical (unpaired) electrons. The molecule has 1 heterocycles. The summed E-state index contributed by atoms with van der Waals surface area (Å²) in [7, 11) is 0. The number of amides is 1. The van der Waals surface area contributed by atoms with Gasteiger partial charge in [-0.05, 0) is 49.7 Å². The SMILES string of the molecule is CC(C)Oc1ccc(CNC(=O)c2ccc3c(c2)OCO3)cc1. The number of ether oxygens (including phenoxy) is 3. The van der Waals surface area contributed by atoms with Crippen LogP contribution in [0, 0.1) is 0 Å². The Morgan fingerprint density at radius 3 is 2.61 bits per heavy atom. The van der Waals surface area contributed by atoms with Gasteiger partial charge in [-0.15, -0.1) is 0 Å². The van der Waals surface area contributed by atoms with Gasteiger partial charge in [0.2, 0.25) is 6.79 Å². The zero-order valence-corrected chi connectivity index (χ0v) is 13.2. The molecule has 0 saturated carbocycles. The van der Waals surface area contributed by atoms with E-state index in [1.165, 1.54) is 0 Å². The largest absolute Gasteiger partial charge is 0.491 e. The fourth-order valence-corrected chi connectivity index (χ4v) is 2.28. The first-order valence-corrected chi connectivity index (χ1v) is 7.55. The third kappa shape index (κ3) is 3.74. The van der Waals surface area contributed by atoms with E-state index >= 15 is 0 Å². The molecule has 5 nitrogen and oxygen atoms in total. The average molecular weight is 313 g/mol. The van der Waals surface area contributed by atoms with Gasteiger partial charge in [-0.1, -0.05) is 12.1 Å².